The molecule has 2 aliphatic rings. The van der Waals surface area contributed by atoms with Crippen LogP contribution >= 0.6 is 0 Å². The van der Waals surface area contributed by atoms with Crippen LogP contribution in [0.2, 0.25) is 0 Å². The Balaban J connectivity index is 1.84. The summed E-state index contributed by atoms with van der Waals surface area (Å²) in [5.74, 6) is -1.48. The van der Waals surface area contributed by atoms with E-state index in [4.69, 9.17) is 10.1 Å². The van der Waals surface area contributed by atoms with E-state index in [1.165, 1.54) is 24.3 Å². The average molecular weight is 376 g/mol. The molecule has 0 bridgehead atoms. The molecule has 1 N–H and O–H groups in total. The maximum absolute atomic E-state index is 13.8. The maximum atomic E-state index is 13.8. The SMILES string of the molecule is N#CC1C(=N)OC2=C(CCC/C2=C\c2cccc(F)c2)C1c1cccc(F)c1. The first-order chi connectivity index (χ1) is 13.6. The molecule has 0 saturated carbocycles. The highest BCUT2D eigenvalue weighted by Crippen LogP contribution is 2.46. The van der Waals surface area contributed by atoms with E-state index in [1.54, 1.807) is 24.3 Å². The van der Waals surface area contributed by atoms with E-state index in [9.17, 15) is 14.0 Å². The van der Waals surface area contributed by atoms with E-state index in [2.05, 4.69) is 6.07 Å². The number of nitriles is 1. The Bertz CT molecular complexity index is 1050. The summed E-state index contributed by atoms with van der Waals surface area (Å²) in [5, 5.41) is 17.9. The predicted octanol–water partition coefficient (Wildman–Crippen LogP) is 5.72. The van der Waals surface area contributed by atoms with Gasteiger partial charge in [-0.25, -0.2) is 8.78 Å². The summed E-state index contributed by atoms with van der Waals surface area (Å²) in [6, 6.07) is 14.6. The van der Waals surface area contributed by atoms with Crippen molar-refractivity contribution in [3.05, 3.63) is 88.2 Å². The number of hydrogen-bond acceptors (Lipinski definition) is 3. The van der Waals surface area contributed by atoms with E-state index in [1.807, 2.05) is 6.08 Å². The largest absolute Gasteiger partial charge is 0.442 e. The summed E-state index contributed by atoms with van der Waals surface area (Å²) < 4.78 is 33.2. The molecule has 1 aliphatic heterocycles. The topological polar surface area (TPSA) is 56.9 Å². The molecule has 3 nitrogen and oxygen atoms in total. The molecule has 0 spiro atoms. The third-order valence-corrected chi connectivity index (χ3v) is 5.22. The summed E-state index contributed by atoms with van der Waals surface area (Å²) in [7, 11) is 0. The molecule has 0 fully saturated rings. The van der Waals surface area contributed by atoms with Crippen molar-refractivity contribution in [1.82, 2.24) is 0 Å². The summed E-state index contributed by atoms with van der Waals surface area (Å²) in [6.07, 6.45) is 4.15. The van der Waals surface area contributed by atoms with Crippen molar-refractivity contribution >= 4 is 12.0 Å². The van der Waals surface area contributed by atoms with Gasteiger partial charge < -0.3 is 4.74 Å². The van der Waals surface area contributed by atoms with Crippen LogP contribution in [-0.4, -0.2) is 5.90 Å². The molecule has 0 amide bonds. The van der Waals surface area contributed by atoms with Gasteiger partial charge in [-0.2, -0.15) is 5.26 Å². The number of rotatable bonds is 2. The van der Waals surface area contributed by atoms with Crippen molar-refractivity contribution in [3.8, 4) is 6.07 Å². The molecule has 1 heterocycles. The van der Waals surface area contributed by atoms with Gasteiger partial charge >= 0.3 is 0 Å². The zero-order chi connectivity index (χ0) is 19.7. The van der Waals surface area contributed by atoms with Crippen molar-refractivity contribution in [1.29, 1.82) is 10.7 Å². The first-order valence-corrected chi connectivity index (χ1v) is 9.18. The Morgan fingerprint density at radius 3 is 2.54 bits per heavy atom. The molecule has 140 valence electrons. The Kier molecular flexibility index (Phi) is 4.79. The zero-order valence-corrected chi connectivity index (χ0v) is 15.1. The summed E-state index contributed by atoms with van der Waals surface area (Å²) in [4.78, 5) is 0. The Labute approximate surface area is 162 Å². The molecule has 2 aromatic rings. The van der Waals surface area contributed by atoms with Crippen LogP contribution in [-0.2, 0) is 4.74 Å². The second kappa shape index (κ2) is 7.40. The number of hydrogen-bond donors (Lipinski definition) is 1. The smallest absolute Gasteiger partial charge is 0.205 e. The third-order valence-electron chi connectivity index (χ3n) is 5.22. The van der Waals surface area contributed by atoms with Crippen LogP contribution < -0.4 is 0 Å². The van der Waals surface area contributed by atoms with Gasteiger partial charge in [-0.3, -0.25) is 5.41 Å². The lowest BCUT2D eigenvalue weighted by molar-refractivity contribution is 0.334. The fourth-order valence-corrected chi connectivity index (χ4v) is 4.02. The lowest BCUT2D eigenvalue weighted by Gasteiger charge is -2.36. The molecule has 2 unspecified atom stereocenters. The Morgan fingerprint density at radius 2 is 1.82 bits per heavy atom. The molecule has 28 heavy (non-hydrogen) atoms. The highest BCUT2D eigenvalue weighted by Gasteiger charge is 2.40. The molecule has 0 radical (unpaired) electrons. The molecule has 0 saturated heterocycles. The molecule has 4 rings (SSSR count). The van der Waals surface area contributed by atoms with E-state index >= 15 is 0 Å². The van der Waals surface area contributed by atoms with Crippen molar-refractivity contribution in [2.24, 2.45) is 5.92 Å². The molecule has 2 aromatic carbocycles. The van der Waals surface area contributed by atoms with Gasteiger partial charge in [-0.15, -0.1) is 0 Å². The highest BCUT2D eigenvalue weighted by atomic mass is 19.1. The van der Waals surface area contributed by atoms with E-state index in [0.717, 1.165) is 24.0 Å². The standard InChI is InChI=1S/C23H18F2N2O/c24-17-7-1-4-14(11-17)10-16-6-3-9-19-21(15-5-2-8-18(25)12-15)20(13-26)23(27)28-22(16)19/h1-2,4-5,7-8,10-12,20-21,27H,3,6,9H2/b16-10+,27-23?. The van der Waals surface area contributed by atoms with Crippen molar-refractivity contribution < 1.29 is 13.5 Å². The number of ether oxygens (including phenoxy) is 1. The molecular weight excluding hydrogens is 358 g/mol. The zero-order valence-electron chi connectivity index (χ0n) is 15.1. The fourth-order valence-electron chi connectivity index (χ4n) is 4.02. The molecular formula is C23H18F2N2O. The van der Waals surface area contributed by atoms with Crippen molar-refractivity contribution in [3.63, 3.8) is 0 Å². The lowest BCUT2D eigenvalue weighted by Crippen LogP contribution is -2.32. The van der Waals surface area contributed by atoms with Crippen LogP contribution in [0.3, 0.4) is 0 Å². The quantitative estimate of drug-likeness (QED) is 0.729. The normalized spacial score (nSPS) is 23.2. The van der Waals surface area contributed by atoms with Gasteiger partial charge in [-0.1, -0.05) is 24.3 Å². The highest BCUT2D eigenvalue weighted by molar-refractivity contribution is 5.84. The average Bonchev–Trinajstić information content (AvgIpc) is 2.67. The number of halogens is 2. The Morgan fingerprint density at radius 1 is 1.07 bits per heavy atom. The molecule has 2 atom stereocenters. The number of allylic oxidation sites excluding steroid dienone is 2. The van der Waals surface area contributed by atoms with Gasteiger partial charge in [0, 0.05) is 5.92 Å². The van der Waals surface area contributed by atoms with E-state index < -0.39 is 11.8 Å². The fraction of sp³-hybridized carbons (Fsp3) is 0.217. The van der Waals surface area contributed by atoms with Crippen LogP contribution in [0.15, 0.2) is 65.4 Å². The van der Waals surface area contributed by atoms with Crippen LogP contribution in [0.1, 0.15) is 36.3 Å². The number of benzene rings is 2. The van der Waals surface area contributed by atoms with Crippen molar-refractivity contribution in [2.45, 2.75) is 25.2 Å². The lowest BCUT2D eigenvalue weighted by atomic mass is 9.73. The molecule has 0 aromatic heterocycles. The maximum Gasteiger partial charge on any atom is 0.205 e. The monoisotopic (exact) mass is 376 g/mol. The number of nitrogens with one attached hydrogen (secondary N) is 1. The third kappa shape index (κ3) is 3.34. The first-order valence-electron chi connectivity index (χ1n) is 9.18. The van der Waals surface area contributed by atoms with Crippen LogP contribution in [0.5, 0.6) is 0 Å². The van der Waals surface area contributed by atoms with Crippen LogP contribution in [0.4, 0.5) is 8.78 Å². The van der Waals surface area contributed by atoms with Gasteiger partial charge in [-0.05, 0) is 71.9 Å². The summed E-state index contributed by atoms with van der Waals surface area (Å²) in [6.45, 7) is 0. The summed E-state index contributed by atoms with van der Waals surface area (Å²) >= 11 is 0. The minimum atomic E-state index is -0.797. The van der Waals surface area contributed by atoms with Crippen LogP contribution in [0, 0.1) is 34.3 Å². The van der Waals surface area contributed by atoms with Gasteiger partial charge in [0.2, 0.25) is 5.90 Å². The van der Waals surface area contributed by atoms with E-state index in [0.29, 0.717) is 23.3 Å². The van der Waals surface area contributed by atoms with Gasteiger partial charge in [0.1, 0.15) is 23.3 Å². The minimum absolute atomic E-state index is 0.137. The molecule has 5 heteroatoms. The summed E-state index contributed by atoms with van der Waals surface area (Å²) in [5.41, 5.74) is 3.15. The minimum Gasteiger partial charge on any atom is -0.442 e. The predicted molar refractivity (Wildman–Crippen MR) is 102 cm³/mol. The molecule has 1 aliphatic carbocycles. The Hall–Kier alpha value is -3.26. The first kappa shape index (κ1) is 18.1. The second-order valence-electron chi connectivity index (χ2n) is 7.04. The van der Waals surface area contributed by atoms with Crippen molar-refractivity contribution in [2.75, 3.05) is 0 Å². The van der Waals surface area contributed by atoms with Gasteiger partial charge in [0.15, 0.2) is 0 Å². The second-order valence-corrected chi connectivity index (χ2v) is 7.04. The van der Waals surface area contributed by atoms with Crippen LogP contribution in [0.25, 0.3) is 6.08 Å². The number of nitrogens with zero attached hydrogens (tertiary/aromatic N) is 1. The van der Waals surface area contributed by atoms with Gasteiger partial charge in [0.25, 0.3) is 0 Å². The van der Waals surface area contributed by atoms with E-state index in [-0.39, 0.29) is 17.5 Å². The van der Waals surface area contributed by atoms with Gasteiger partial charge in [0.05, 0.1) is 6.07 Å².